The summed E-state index contributed by atoms with van der Waals surface area (Å²) in [6, 6.07) is 18.4. The molecule has 6 rings (SSSR count). The minimum atomic E-state index is -3.69. The summed E-state index contributed by atoms with van der Waals surface area (Å²) < 4.78 is 52.7. The van der Waals surface area contributed by atoms with E-state index in [0.29, 0.717) is 58.6 Å². The Kier molecular flexibility index (Phi) is 7.28. The highest BCUT2D eigenvalue weighted by Gasteiger charge is 2.27. The van der Waals surface area contributed by atoms with E-state index in [1.165, 1.54) is 38.4 Å². The third-order valence-electron chi connectivity index (χ3n) is 7.97. The van der Waals surface area contributed by atoms with E-state index in [2.05, 4.69) is 5.32 Å². The van der Waals surface area contributed by atoms with Crippen molar-refractivity contribution in [1.29, 1.82) is 0 Å². The summed E-state index contributed by atoms with van der Waals surface area (Å²) in [6.07, 6.45) is 1.73. The molecule has 5 aromatic rings. The molecule has 0 saturated heterocycles. The van der Waals surface area contributed by atoms with Crippen LogP contribution < -0.4 is 9.62 Å². The summed E-state index contributed by atoms with van der Waals surface area (Å²) in [5.41, 5.74) is 4.32. The highest BCUT2D eigenvalue weighted by molar-refractivity contribution is 7.92. The summed E-state index contributed by atoms with van der Waals surface area (Å²) in [5, 5.41) is 3.12. The predicted octanol–water partition coefficient (Wildman–Crippen LogP) is 5.83. The molecule has 11 heteroatoms. The van der Waals surface area contributed by atoms with E-state index in [1.54, 1.807) is 24.0 Å². The highest BCUT2D eigenvalue weighted by Crippen LogP contribution is 2.42. The van der Waals surface area contributed by atoms with Gasteiger partial charge in [-0.05, 0) is 48.0 Å². The average Bonchev–Trinajstić information content (AvgIpc) is 3.60. The summed E-state index contributed by atoms with van der Waals surface area (Å²) >= 11 is 0. The Labute approximate surface area is 253 Å². The number of furan rings is 2. The molecule has 0 radical (unpaired) electrons. The van der Waals surface area contributed by atoms with Crippen molar-refractivity contribution in [1.82, 2.24) is 10.2 Å². The minimum absolute atomic E-state index is 0.0104. The molecular weight excluding hydrogens is 585 g/mol. The van der Waals surface area contributed by atoms with E-state index in [4.69, 9.17) is 8.83 Å². The van der Waals surface area contributed by atoms with E-state index in [0.717, 1.165) is 27.4 Å². The van der Waals surface area contributed by atoms with Gasteiger partial charge in [-0.2, -0.15) is 0 Å². The number of halogens is 1. The normalized spacial score (nSPS) is 13.2. The molecule has 3 heterocycles. The Bertz CT molecular complexity index is 2050. The highest BCUT2D eigenvalue weighted by atomic mass is 32.2. The molecule has 226 valence electrons. The first-order valence-corrected chi connectivity index (χ1v) is 15.8. The van der Waals surface area contributed by atoms with Crippen LogP contribution in [0.15, 0.2) is 75.6 Å². The second kappa shape index (κ2) is 11.0. The predicted molar refractivity (Wildman–Crippen MR) is 166 cm³/mol. The zero-order valence-corrected chi connectivity index (χ0v) is 25.4. The third kappa shape index (κ3) is 5.24. The fraction of sp³-hybridized carbons (Fsp3) is 0.212. The zero-order valence-electron chi connectivity index (χ0n) is 24.6. The van der Waals surface area contributed by atoms with Crippen molar-refractivity contribution in [2.75, 3.05) is 31.2 Å². The van der Waals surface area contributed by atoms with Gasteiger partial charge in [0.1, 0.15) is 28.7 Å². The number of hydrogen-bond acceptors (Lipinski definition) is 6. The number of fused-ring (bicyclic) bond motifs is 2. The molecule has 2 amide bonds. The lowest BCUT2D eigenvalue weighted by Gasteiger charge is -2.24. The number of amides is 2. The SMILES string of the molecule is CNC(=O)c1c(-c2ccc(F)cc2)oc2cc(N(C)S(C)(=O)=O)c(-c3cccc(-c4cc5c(o4)CCN(C(C)=O)C5)c3)cc12. The fourth-order valence-corrected chi connectivity index (χ4v) is 6.05. The van der Waals surface area contributed by atoms with Gasteiger partial charge in [-0.15, -0.1) is 0 Å². The minimum Gasteiger partial charge on any atom is -0.461 e. The van der Waals surface area contributed by atoms with Gasteiger partial charge in [-0.3, -0.25) is 13.9 Å². The van der Waals surface area contributed by atoms with Crippen LogP contribution in [0.2, 0.25) is 0 Å². The van der Waals surface area contributed by atoms with Gasteiger partial charge < -0.3 is 19.1 Å². The number of nitrogens with zero attached hydrogens (tertiary/aromatic N) is 2. The Morgan fingerprint density at radius 2 is 1.70 bits per heavy atom. The number of nitrogens with one attached hydrogen (secondary N) is 1. The Hall–Kier alpha value is -4.90. The first kappa shape index (κ1) is 29.2. The van der Waals surface area contributed by atoms with E-state index in [1.807, 2.05) is 30.3 Å². The van der Waals surface area contributed by atoms with Gasteiger partial charge >= 0.3 is 0 Å². The lowest BCUT2D eigenvalue weighted by molar-refractivity contribution is -0.129. The molecular formula is C33H30FN3O6S. The van der Waals surface area contributed by atoms with Crippen LogP contribution in [0.1, 0.15) is 28.6 Å². The van der Waals surface area contributed by atoms with Crippen LogP contribution in [0.3, 0.4) is 0 Å². The maximum atomic E-state index is 13.7. The van der Waals surface area contributed by atoms with Gasteiger partial charge in [-0.25, -0.2) is 12.8 Å². The van der Waals surface area contributed by atoms with Gasteiger partial charge in [0.25, 0.3) is 5.91 Å². The van der Waals surface area contributed by atoms with Crippen molar-refractivity contribution >= 4 is 38.5 Å². The molecule has 1 N–H and O–H groups in total. The smallest absolute Gasteiger partial charge is 0.255 e. The van der Waals surface area contributed by atoms with Crippen molar-refractivity contribution in [2.45, 2.75) is 19.9 Å². The summed E-state index contributed by atoms with van der Waals surface area (Å²) in [7, 11) is -0.736. The molecule has 44 heavy (non-hydrogen) atoms. The average molecular weight is 616 g/mol. The second-order valence-electron chi connectivity index (χ2n) is 10.8. The number of carbonyl (C=O) groups is 2. The van der Waals surface area contributed by atoms with Crippen molar-refractivity contribution in [3.05, 3.63) is 89.4 Å². The summed E-state index contributed by atoms with van der Waals surface area (Å²) in [6.45, 7) is 2.62. The lowest BCUT2D eigenvalue weighted by atomic mass is 9.97. The monoisotopic (exact) mass is 615 g/mol. The van der Waals surface area contributed by atoms with Crippen LogP contribution in [-0.4, -0.2) is 52.0 Å². The largest absolute Gasteiger partial charge is 0.461 e. The molecule has 0 fully saturated rings. The number of rotatable bonds is 6. The molecule has 0 aliphatic carbocycles. The Morgan fingerprint density at radius 1 is 0.977 bits per heavy atom. The van der Waals surface area contributed by atoms with Crippen LogP contribution in [-0.2, 0) is 27.8 Å². The van der Waals surface area contributed by atoms with Crippen molar-refractivity contribution in [2.24, 2.45) is 0 Å². The van der Waals surface area contributed by atoms with Crippen LogP contribution >= 0.6 is 0 Å². The molecule has 0 spiro atoms. The number of benzene rings is 3. The topological polar surface area (TPSA) is 113 Å². The summed E-state index contributed by atoms with van der Waals surface area (Å²) in [5.74, 6) is 0.875. The zero-order chi connectivity index (χ0) is 31.3. The number of hydrogen-bond donors (Lipinski definition) is 1. The first-order chi connectivity index (χ1) is 20.9. The van der Waals surface area contributed by atoms with Gasteiger partial charge in [0, 0.05) is 74.2 Å². The number of anilines is 1. The van der Waals surface area contributed by atoms with E-state index in [9.17, 15) is 22.4 Å². The van der Waals surface area contributed by atoms with Gasteiger partial charge in [0.15, 0.2) is 0 Å². The standard InChI is InChI=1S/C33H30FN3O6S/c1-19(38)37-13-12-28-23(18-37)15-29(42-28)22-7-5-6-21(14-22)25-16-26-30(17-27(25)36(3)44(4,40)41)43-32(31(26)33(39)35-2)20-8-10-24(34)11-9-20/h5-11,14-17H,12-13,18H2,1-4H3,(H,35,39). The molecule has 0 bridgehead atoms. The molecule has 0 unspecified atom stereocenters. The molecule has 2 aromatic heterocycles. The van der Waals surface area contributed by atoms with Crippen molar-refractivity contribution < 1.29 is 31.2 Å². The third-order valence-corrected chi connectivity index (χ3v) is 9.17. The Balaban J connectivity index is 1.54. The van der Waals surface area contributed by atoms with Crippen molar-refractivity contribution in [3.8, 4) is 33.8 Å². The van der Waals surface area contributed by atoms with Gasteiger partial charge in [0.2, 0.25) is 15.9 Å². The van der Waals surface area contributed by atoms with Crippen LogP contribution in [0.5, 0.6) is 0 Å². The van der Waals surface area contributed by atoms with Crippen LogP contribution in [0, 0.1) is 5.82 Å². The summed E-state index contributed by atoms with van der Waals surface area (Å²) in [4.78, 5) is 26.9. The molecule has 3 aromatic carbocycles. The number of sulfonamides is 1. The van der Waals surface area contributed by atoms with E-state index < -0.39 is 21.7 Å². The molecule has 1 aliphatic rings. The molecule has 9 nitrogen and oxygen atoms in total. The molecule has 0 saturated carbocycles. The Morgan fingerprint density at radius 3 is 2.39 bits per heavy atom. The van der Waals surface area contributed by atoms with E-state index >= 15 is 0 Å². The maximum Gasteiger partial charge on any atom is 0.255 e. The number of carbonyl (C=O) groups excluding carboxylic acids is 2. The van der Waals surface area contributed by atoms with Crippen LogP contribution in [0.25, 0.3) is 44.7 Å². The van der Waals surface area contributed by atoms with E-state index in [-0.39, 0.29) is 17.2 Å². The maximum absolute atomic E-state index is 13.7. The van der Waals surface area contributed by atoms with Crippen molar-refractivity contribution in [3.63, 3.8) is 0 Å². The lowest BCUT2D eigenvalue weighted by Crippen LogP contribution is -2.33. The second-order valence-corrected chi connectivity index (χ2v) is 12.8. The van der Waals surface area contributed by atoms with Gasteiger partial charge in [0.05, 0.1) is 17.5 Å². The van der Waals surface area contributed by atoms with Gasteiger partial charge in [-0.1, -0.05) is 18.2 Å². The fourth-order valence-electron chi connectivity index (χ4n) is 5.54. The molecule has 0 atom stereocenters. The molecule has 1 aliphatic heterocycles. The van der Waals surface area contributed by atoms with Crippen LogP contribution in [0.4, 0.5) is 10.1 Å². The first-order valence-electron chi connectivity index (χ1n) is 13.9. The quantitative estimate of drug-likeness (QED) is 0.257.